The highest BCUT2D eigenvalue weighted by Gasteiger charge is 2.26. The minimum Gasteiger partial charge on any atom is -0.488 e. The molecule has 2 aromatic heterocycles. The molecule has 1 aromatic carbocycles. The number of carbonyl (C=O) groups is 2. The molecule has 0 fully saturated rings. The van der Waals surface area contributed by atoms with E-state index in [0.717, 1.165) is 5.56 Å². The fourth-order valence-corrected chi connectivity index (χ4v) is 2.86. The summed E-state index contributed by atoms with van der Waals surface area (Å²) in [6, 6.07) is 13.1. The van der Waals surface area contributed by atoms with Gasteiger partial charge < -0.3 is 15.2 Å². The molecule has 0 radical (unpaired) electrons. The molecule has 1 aliphatic heterocycles. The first-order chi connectivity index (χ1) is 13.6. The summed E-state index contributed by atoms with van der Waals surface area (Å²) in [5, 5.41) is 11.8. The van der Waals surface area contributed by atoms with Gasteiger partial charge in [0.15, 0.2) is 11.6 Å². The van der Waals surface area contributed by atoms with Crippen molar-refractivity contribution in [3.05, 3.63) is 66.5 Å². The first-order valence-corrected chi connectivity index (χ1v) is 8.58. The van der Waals surface area contributed by atoms with Crippen molar-refractivity contribution in [3.8, 4) is 17.0 Å². The molecule has 140 valence electrons. The van der Waals surface area contributed by atoms with Crippen LogP contribution in [0.15, 0.2) is 60.9 Å². The number of urea groups is 1. The maximum absolute atomic E-state index is 12.7. The predicted octanol–water partition coefficient (Wildman–Crippen LogP) is 3.27. The number of hydrogen-bond acceptors (Lipinski definition) is 5. The highest BCUT2D eigenvalue weighted by molar-refractivity contribution is 6.02. The van der Waals surface area contributed by atoms with Crippen molar-refractivity contribution in [1.29, 1.82) is 0 Å². The Morgan fingerprint density at radius 1 is 1.11 bits per heavy atom. The third-order valence-electron chi connectivity index (χ3n) is 4.25. The molecular weight excluding hydrogens is 360 g/mol. The molecule has 8 nitrogen and oxygen atoms in total. The van der Waals surface area contributed by atoms with Crippen molar-refractivity contribution in [1.82, 2.24) is 9.97 Å². The number of nitrogens with zero attached hydrogens (tertiary/aromatic N) is 3. The average Bonchev–Trinajstić information content (AvgIpc) is 2.73. The van der Waals surface area contributed by atoms with E-state index in [-0.39, 0.29) is 11.6 Å². The second kappa shape index (κ2) is 7.36. The van der Waals surface area contributed by atoms with Crippen LogP contribution < -0.4 is 15.0 Å². The summed E-state index contributed by atoms with van der Waals surface area (Å²) in [5.74, 6) is -0.0671. The first kappa shape index (κ1) is 17.5. The highest BCUT2D eigenvalue weighted by atomic mass is 16.5. The summed E-state index contributed by atoms with van der Waals surface area (Å²) < 4.78 is 5.62. The molecule has 0 bridgehead atoms. The third kappa shape index (κ3) is 3.48. The van der Waals surface area contributed by atoms with Gasteiger partial charge in [-0.25, -0.2) is 14.6 Å². The number of fused-ring (bicyclic) bond motifs is 1. The lowest BCUT2D eigenvalue weighted by Crippen LogP contribution is -2.41. The van der Waals surface area contributed by atoms with Gasteiger partial charge in [0.25, 0.3) is 0 Å². The summed E-state index contributed by atoms with van der Waals surface area (Å²) in [6.07, 6.45) is 3.19. The SMILES string of the molecule is O=C(O)c1ccc(-c2ccc3c(n2)N(C(=O)Nc2cccnc2)CCO3)cc1. The Kier molecular flexibility index (Phi) is 4.59. The van der Waals surface area contributed by atoms with Crippen LogP contribution in [0.3, 0.4) is 0 Å². The maximum atomic E-state index is 12.7. The Labute approximate surface area is 160 Å². The first-order valence-electron chi connectivity index (χ1n) is 8.58. The van der Waals surface area contributed by atoms with Crippen molar-refractivity contribution in [2.24, 2.45) is 0 Å². The summed E-state index contributed by atoms with van der Waals surface area (Å²) in [4.78, 5) is 33.8. The van der Waals surface area contributed by atoms with Crippen LogP contribution >= 0.6 is 0 Å². The number of amides is 2. The molecule has 3 aromatic rings. The van der Waals surface area contributed by atoms with Gasteiger partial charge in [-0.1, -0.05) is 12.1 Å². The monoisotopic (exact) mass is 376 g/mol. The molecule has 2 amide bonds. The Hall–Kier alpha value is -3.94. The van der Waals surface area contributed by atoms with Crippen molar-refractivity contribution in [2.45, 2.75) is 0 Å². The number of rotatable bonds is 3. The molecule has 0 aliphatic carbocycles. The van der Waals surface area contributed by atoms with Gasteiger partial charge in [-0.2, -0.15) is 0 Å². The highest BCUT2D eigenvalue weighted by Crippen LogP contribution is 2.33. The molecular formula is C20H16N4O4. The largest absolute Gasteiger partial charge is 0.488 e. The van der Waals surface area contributed by atoms with E-state index < -0.39 is 5.97 Å². The molecule has 0 saturated heterocycles. The molecule has 2 N–H and O–H groups in total. The number of anilines is 2. The van der Waals surface area contributed by atoms with E-state index in [2.05, 4.69) is 15.3 Å². The van der Waals surface area contributed by atoms with Crippen LogP contribution in [-0.2, 0) is 0 Å². The number of carboxylic acids is 1. The van der Waals surface area contributed by atoms with E-state index in [9.17, 15) is 9.59 Å². The minimum atomic E-state index is -0.989. The van der Waals surface area contributed by atoms with E-state index in [1.807, 2.05) is 0 Å². The fourth-order valence-electron chi connectivity index (χ4n) is 2.86. The van der Waals surface area contributed by atoms with Gasteiger partial charge in [0.2, 0.25) is 0 Å². The summed E-state index contributed by atoms with van der Waals surface area (Å²) in [7, 11) is 0. The lowest BCUT2D eigenvalue weighted by Gasteiger charge is -2.28. The quantitative estimate of drug-likeness (QED) is 0.727. The van der Waals surface area contributed by atoms with Crippen LogP contribution in [0.5, 0.6) is 5.75 Å². The van der Waals surface area contributed by atoms with Crippen molar-refractivity contribution in [3.63, 3.8) is 0 Å². The standard InChI is InChI=1S/C20H16N4O4/c25-19(26)14-5-3-13(4-6-14)16-7-8-17-18(23-16)24(10-11-28-17)20(27)22-15-2-1-9-21-12-15/h1-9,12H,10-11H2,(H,22,27)(H,25,26). The smallest absolute Gasteiger partial charge is 0.335 e. The Morgan fingerprint density at radius 2 is 1.93 bits per heavy atom. The van der Waals surface area contributed by atoms with Crippen LogP contribution in [0.4, 0.5) is 16.3 Å². The van der Waals surface area contributed by atoms with E-state index in [1.54, 1.807) is 48.8 Å². The lowest BCUT2D eigenvalue weighted by molar-refractivity contribution is 0.0697. The molecule has 0 atom stereocenters. The van der Waals surface area contributed by atoms with Crippen molar-refractivity contribution in [2.75, 3.05) is 23.4 Å². The van der Waals surface area contributed by atoms with Crippen molar-refractivity contribution >= 4 is 23.5 Å². The van der Waals surface area contributed by atoms with Crippen LogP contribution in [-0.4, -0.2) is 40.2 Å². The number of pyridine rings is 2. The van der Waals surface area contributed by atoms with Gasteiger partial charge in [0, 0.05) is 11.8 Å². The summed E-state index contributed by atoms with van der Waals surface area (Å²) >= 11 is 0. The van der Waals surface area contributed by atoms with Crippen LogP contribution in [0, 0.1) is 0 Å². The van der Waals surface area contributed by atoms with Gasteiger partial charge in [0.05, 0.1) is 29.7 Å². The Morgan fingerprint density at radius 3 is 2.64 bits per heavy atom. The molecule has 3 heterocycles. The second-order valence-electron chi connectivity index (χ2n) is 6.07. The topological polar surface area (TPSA) is 105 Å². The maximum Gasteiger partial charge on any atom is 0.335 e. The third-order valence-corrected chi connectivity index (χ3v) is 4.25. The predicted molar refractivity (Wildman–Crippen MR) is 103 cm³/mol. The summed E-state index contributed by atoms with van der Waals surface area (Å²) in [6.45, 7) is 0.718. The van der Waals surface area contributed by atoms with Gasteiger partial charge in [-0.05, 0) is 36.4 Å². The minimum absolute atomic E-state index is 0.197. The number of carbonyl (C=O) groups excluding carboxylic acids is 1. The molecule has 1 aliphatic rings. The normalized spacial score (nSPS) is 12.6. The number of carboxylic acid groups (broad SMARTS) is 1. The fraction of sp³-hybridized carbons (Fsp3) is 0.100. The number of ether oxygens (including phenoxy) is 1. The van der Waals surface area contributed by atoms with E-state index >= 15 is 0 Å². The van der Waals surface area contributed by atoms with Gasteiger partial charge in [0.1, 0.15) is 6.61 Å². The molecule has 0 saturated carbocycles. The molecule has 0 unspecified atom stereocenters. The average molecular weight is 376 g/mol. The van der Waals surface area contributed by atoms with E-state index in [0.29, 0.717) is 36.1 Å². The Bertz CT molecular complexity index is 1020. The molecule has 28 heavy (non-hydrogen) atoms. The molecule has 4 rings (SSSR count). The van der Waals surface area contributed by atoms with Crippen molar-refractivity contribution < 1.29 is 19.4 Å². The zero-order valence-corrected chi connectivity index (χ0v) is 14.7. The zero-order chi connectivity index (χ0) is 19.5. The number of benzene rings is 1. The molecule has 8 heteroatoms. The zero-order valence-electron chi connectivity index (χ0n) is 14.7. The van der Waals surface area contributed by atoms with Crippen LogP contribution in [0.25, 0.3) is 11.3 Å². The van der Waals surface area contributed by atoms with Gasteiger partial charge in [-0.15, -0.1) is 0 Å². The van der Waals surface area contributed by atoms with Crippen LogP contribution in [0.2, 0.25) is 0 Å². The van der Waals surface area contributed by atoms with Gasteiger partial charge >= 0.3 is 12.0 Å². The number of aromatic nitrogens is 2. The lowest BCUT2D eigenvalue weighted by atomic mass is 10.1. The number of aromatic carboxylic acids is 1. The van der Waals surface area contributed by atoms with E-state index in [1.165, 1.54) is 17.0 Å². The summed E-state index contributed by atoms with van der Waals surface area (Å²) in [5.41, 5.74) is 2.13. The van der Waals surface area contributed by atoms with E-state index in [4.69, 9.17) is 9.84 Å². The second-order valence-corrected chi connectivity index (χ2v) is 6.07. The Balaban J connectivity index is 1.63. The molecule has 0 spiro atoms. The number of hydrogen-bond donors (Lipinski definition) is 2. The van der Waals surface area contributed by atoms with Gasteiger partial charge in [-0.3, -0.25) is 9.88 Å². The van der Waals surface area contributed by atoms with Crippen LogP contribution in [0.1, 0.15) is 10.4 Å². The number of nitrogens with one attached hydrogen (secondary N) is 1.